The van der Waals surface area contributed by atoms with Crippen molar-refractivity contribution in [1.82, 2.24) is 15.6 Å². The van der Waals surface area contributed by atoms with Gasteiger partial charge in [0.2, 0.25) is 5.91 Å². The number of nitrogens with zero attached hydrogens (tertiary/aromatic N) is 1. The van der Waals surface area contributed by atoms with E-state index in [0.717, 1.165) is 5.56 Å². The largest absolute Gasteiger partial charge is 0.335 e. The Bertz CT molecular complexity index is 357. The van der Waals surface area contributed by atoms with Crippen molar-refractivity contribution < 1.29 is 4.79 Å². The van der Waals surface area contributed by atoms with E-state index < -0.39 is 5.38 Å². The second-order valence-corrected chi connectivity index (χ2v) is 4.05. The van der Waals surface area contributed by atoms with Gasteiger partial charge < -0.3 is 5.32 Å². The SMILES string of the molecule is CC1NC(c2ccncc2)NC(=O)C1Cl. The fourth-order valence-corrected chi connectivity index (χ4v) is 1.71. The van der Waals surface area contributed by atoms with Crippen molar-refractivity contribution in [3.05, 3.63) is 30.1 Å². The van der Waals surface area contributed by atoms with Crippen LogP contribution in [0.4, 0.5) is 0 Å². The molecule has 2 rings (SSSR count). The Hall–Kier alpha value is -1.13. The van der Waals surface area contributed by atoms with Gasteiger partial charge in [0.15, 0.2) is 0 Å². The van der Waals surface area contributed by atoms with E-state index in [-0.39, 0.29) is 18.1 Å². The molecule has 1 aliphatic heterocycles. The first-order chi connectivity index (χ1) is 7.18. The zero-order chi connectivity index (χ0) is 10.8. The van der Waals surface area contributed by atoms with Crippen LogP contribution < -0.4 is 10.6 Å². The van der Waals surface area contributed by atoms with Gasteiger partial charge >= 0.3 is 0 Å². The highest BCUT2D eigenvalue weighted by Crippen LogP contribution is 2.17. The molecule has 2 N–H and O–H groups in total. The number of alkyl halides is 1. The number of carbonyl (C=O) groups is 1. The molecule has 3 atom stereocenters. The van der Waals surface area contributed by atoms with E-state index in [1.54, 1.807) is 12.4 Å². The lowest BCUT2D eigenvalue weighted by Crippen LogP contribution is -2.56. The summed E-state index contributed by atoms with van der Waals surface area (Å²) in [5, 5.41) is 5.51. The van der Waals surface area contributed by atoms with Gasteiger partial charge in [-0.15, -0.1) is 11.6 Å². The molecule has 4 nitrogen and oxygen atoms in total. The minimum Gasteiger partial charge on any atom is -0.335 e. The normalized spacial score (nSPS) is 31.1. The third-order valence-corrected chi connectivity index (χ3v) is 3.02. The van der Waals surface area contributed by atoms with Crippen molar-refractivity contribution in [3.8, 4) is 0 Å². The summed E-state index contributed by atoms with van der Waals surface area (Å²) in [7, 11) is 0. The number of carbonyl (C=O) groups excluding carboxylic acids is 1. The van der Waals surface area contributed by atoms with Crippen LogP contribution >= 0.6 is 11.6 Å². The topological polar surface area (TPSA) is 54.0 Å². The molecule has 0 saturated carbocycles. The molecule has 3 unspecified atom stereocenters. The van der Waals surface area contributed by atoms with Crippen LogP contribution in [0.1, 0.15) is 18.7 Å². The van der Waals surface area contributed by atoms with Gasteiger partial charge in [0.05, 0.1) is 0 Å². The number of pyridine rings is 1. The van der Waals surface area contributed by atoms with Crippen molar-refractivity contribution in [2.45, 2.75) is 24.5 Å². The number of rotatable bonds is 1. The Kier molecular flexibility index (Phi) is 2.88. The lowest BCUT2D eigenvalue weighted by molar-refractivity contribution is -0.123. The summed E-state index contributed by atoms with van der Waals surface area (Å²) in [6.45, 7) is 1.89. The molecule has 0 aliphatic carbocycles. The van der Waals surface area contributed by atoms with Crippen molar-refractivity contribution >= 4 is 17.5 Å². The number of aromatic nitrogens is 1. The van der Waals surface area contributed by atoms with Gasteiger partial charge in [-0.05, 0) is 24.6 Å². The summed E-state index contributed by atoms with van der Waals surface area (Å²) in [5.41, 5.74) is 0.980. The van der Waals surface area contributed by atoms with E-state index in [0.29, 0.717) is 0 Å². The molecule has 1 aliphatic rings. The van der Waals surface area contributed by atoms with E-state index in [4.69, 9.17) is 11.6 Å². The van der Waals surface area contributed by atoms with E-state index >= 15 is 0 Å². The number of nitrogens with one attached hydrogen (secondary N) is 2. The van der Waals surface area contributed by atoms with E-state index in [2.05, 4.69) is 15.6 Å². The molecule has 2 heterocycles. The molecule has 80 valence electrons. The molecule has 1 fully saturated rings. The Morgan fingerprint density at radius 1 is 1.40 bits per heavy atom. The van der Waals surface area contributed by atoms with Gasteiger partial charge in [0, 0.05) is 18.4 Å². The van der Waals surface area contributed by atoms with Gasteiger partial charge in [-0.2, -0.15) is 0 Å². The highest BCUT2D eigenvalue weighted by atomic mass is 35.5. The van der Waals surface area contributed by atoms with Gasteiger partial charge in [0.1, 0.15) is 11.5 Å². The first-order valence-electron chi connectivity index (χ1n) is 4.79. The number of hydrogen-bond acceptors (Lipinski definition) is 3. The van der Waals surface area contributed by atoms with E-state index in [1.165, 1.54) is 0 Å². The lowest BCUT2D eigenvalue weighted by Gasteiger charge is -2.32. The van der Waals surface area contributed by atoms with Crippen molar-refractivity contribution in [2.75, 3.05) is 0 Å². The first kappa shape index (κ1) is 10.4. The first-order valence-corrected chi connectivity index (χ1v) is 5.22. The summed E-state index contributed by atoms with van der Waals surface area (Å²) in [6, 6.07) is 3.68. The molecule has 0 radical (unpaired) electrons. The van der Waals surface area contributed by atoms with Gasteiger partial charge in [-0.1, -0.05) is 0 Å². The maximum Gasteiger partial charge on any atom is 0.241 e. The minimum atomic E-state index is -0.511. The van der Waals surface area contributed by atoms with Gasteiger partial charge in [0.25, 0.3) is 0 Å². The molecule has 1 aromatic rings. The lowest BCUT2D eigenvalue weighted by atomic mass is 10.1. The van der Waals surface area contributed by atoms with Crippen molar-refractivity contribution in [3.63, 3.8) is 0 Å². The minimum absolute atomic E-state index is 0.0430. The standard InChI is InChI=1S/C10H12ClN3O/c1-6-8(11)10(15)14-9(13-6)7-2-4-12-5-3-7/h2-6,8-9,13H,1H3,(H,14,15). The predicted molar refractivity (Wildman–Crippen MR) is 57.4 cm³/mol. The summed E-state index contributed by atoms with van der Waals surface area (Å²) >= 11 is 5.88. The van der Waals surface area contributed by atoms with Gasteiger partial charge in [-0.3, -0.25) is 15.1 Å². The Morgan fingerprint density at radius 3 is 2.67 bits per heavy atom. The van der Waals surface area contributed by atoms with Crippen LogP contribution in [0, 0.1) is 0 Å². The van der Waals surface area contributed by atoms with Crippen LogP contribution in [-0.4, -0.2) is 22.3 Å². The third-order valence-electron chi connectivity index (χ3n) is 2.45. The summed E-state index contributed by atoms with van der Waals surface area (Å²) < 4.78 is 0. The molecule has 0 spiro atoms. The van der Waals surface area contributed by atoms with Crippen molar-refractivity contribution in [1.29, 1.82) is 0 Å². The third kappa shape index (κ3) is 2.11. The zero-order valence-corrected chi connectivity index (χ0v) is 9.03. The monoisotopic (exact) mass is 225 g/mol. The quantitative estimate of drug-likeness (QED) is 0.695. The highest BCUT2D eigenvalue weighted by Gasteiger charge is 2.32. The predicted octanol–water partition coefficient (Wildman–Crippen LogP) is 0.795. The molecule has 5 heteroatoms. The second-order valence-electron chi connectivity index (χ2n) is 3.58. The second kappa shape index (κ2) is 4.16. The molecule has 1 amide bonds. The smallest absolute Gasteiger partial charge is 0.241 e. The Labute approximate surface area is 93.0 Å². The van der Waals surface area contributed by atoms with Crippen LogP contribution in [0.25, 0.3) is 0 Å². The zero-order valence-electron chi connectivity index (χ0n) is 8.27. The van der Waals surface area contributed by atoms with Crippen molar-refractivity contribution in [2.24, 2.45) is 0 Å². The maximum atomic E-state index is 11.5. The molecular formula is C10H12ClN3O. The molecule has 1 aromatic heterocycles. The van der Waals surface area contributed by atoms with Crippen LogP contribution in [-0.2, 0) is 4.79 Å². The Morgan fingerprint density at radius 2 is 2.07 bits per heavy atom. The molecule has 0 aromatic carbocycles. The average molecular weight is 226 g/mol. The van der Waals surface area contributed by atoms with E-state index in [9.17, 15) is 4.79 Å². The molecule has 15 heavy (non-hydrogen) atoms. The maximum absolute atomic E-state index is 11.5. The highest BCUT2D eigenvalue weighted by molar-refractivity contribution is 6.31. The average Bonchev–Trinajstić information content (AvgIpc) is 2.26. The fourth-order valence-electron chi connectivity index (χ4n) is 1.57. The molecular weight excluding hydrogens is 214 g/mol. The Balaban J connectivity index is 2.16. The fraction of sp³-hybridized carbons (Fsp3) is 0.400. The summed E-state index contributed by atoms with van der Waals surface area (Å²) in [5.74, 6) is -0.135. The molecule has 0 bridgehead atoms. The number of amides is 1. The number of hydrogen-bond donors (Lipinski definition) is 2. The van der Waals surface area contributed by atoms with Crippen LogP contribution in [0.5, 0.6) is 0 Å². The summed E-state index contributed by atoms with van der Waals surface area (Å²) in [6.07, 6.45) is 3.21. The number of halogens is 1. The van der Waals surface area contributed by atoms with Gasteiger partial charge in [-0.25, -0.2) is 0 Å². The van der Waals surface area contributed by atoms with E-state index in [1.807, 2.05) is 19.1 Å². The van der Waals surface area contributed by atoms with Crippen LogP contribution in [0.2, 0.25) is 0 Å². The van der Waals surface area contributed by atoms with Crippen LogP contribution in [0.3, 0.4) is 0 Å². The summed E-state index contributed by atoms with van der Waals surface area (Å²) in [4.78, 5) is 15.4. The molecule has 1 saturated heterocycles. The van der Waals surface area contributed by atoms with Crippen LogP contribution in [0.15, 0.2) is 24.5 Å².